The van der Waals surface area contributed by atoms with Crippen LogP contribution in [0.3, 0.4) is 0 Å². The molecule has 0 radical (unpaired) electrons. The Balaban J connectivity index is 2.21. The van der Waals surface area contributed by atoms with Gasteiger partial charge in [0.2, 0.25) is 0 Å². The molecule has 1 aromatic rings. The van der Waals surface area contributed by atoms with E-state index in [2.05, 4.69) is 6.92 Å². The van der Waals surface area contributed by atoms with E-state index in [4.69, 9.17) is 10.5 Å². The van der Waals surface area contributed by atoms with E-state index in [0.29, 0.717) is 24.5 Å². The van der Waals surface area contributed by atoms with E-state index in [1.165, 1.54) is 25.3 Å². The number of anilines is 1. The van der Waals surface area contributed by atoms with Crippen molar-refractivity contribution in [3.05, 3.63) is 29.6 Å². The fraction of sp³-hybridized carbons (Fsp3) is 0.538. The van der Waals surface area contributed by atoms with Crippen LogP contribution in [0, 0.1) is 5.82 Å². The van der Waals surface area contributed by atoms with E-state index in [-0.39, 0.29) is 5.82 Å². The first-order valence-electron chi connectivity index (χ1n) is 5.85. The van der Waals surface area contributed by atoms with E-state index in [1.807, 2.05) is 0 Å². The van der Waals surface area contributed by atoms with Crippen molar-refractivity contribution in [3.8, 4) is 0 Å². The number of halogens is 1. The average Bonchev–Trinajstić information content (AvgIpc) is 2.26. The number of nitrogens with two attached hydrogens (primary N) is 1. The second-order valence-electron chi connectivity index (χ2n) is 3.96. The Bertz CT molecular complexity index is 315. The monoisotopic (exact) mass is 225 g/mol. The molecular weight excluding hydrogens is 205 g/mol. The second-order valence-corrected chi connectivity index (χ2v) is 3.96. The van der Waals surface area contributed by atoms with E-state index >= 15 is 0 Å². The molecule has 1 aromatic carbocycles. The zero-order valence-corrected chi connectivity index (χ0v) is 9.84. The summed E-state index contributed by atoms with van der Waals surface area (Å²) in [5.41, 5.74) is 6.48. The molecule has 0 aromatic heterocycles. The zero-order valence-electron chi connectivity index (χ0n) is 9.84. The Morgan fingerprint density at radius 3 is 2.75 bits per heavy atom. The summed E-state index contributed by atoms with van der Waals surface area (Å²) < 4.78 is 18.7. The van der Waals surface area contributed by atoms with Crippen LogP contribution < -0.4 is 5.73 Å². The third kappa shape index (κ3) is 4.62. The van der Waals surface area contributed by atoms with Crippen LogP contribution in [0.2, 0.25) is 0 Å². The molecular formula is C13H20FNO. The summed E-state index contributed by atoms with van der Waals surface area (Å²) in [5.74, 6) is -0.284. The molecule has 0 saturated heterocycles. The fourth-order valence-electron chi connectivity index (χ4n) is 1.49. The molecule has 0 atom stereocenters. The van der Waals surface area contributed by atoms with Crippen LogP contribution in [0.15, 0.2) is 18.2 Å². The summed E-state index contributed by atoms with van der Waals surface area (Å²) in [5, 5.41) is 0. The van der Waals surface area contributed by atoms with E-state index in [9.17, 15) is 4.39 Å². The maximum absolute atomic E-state index is 13.3. The fourth-order valence-corrected chi connectivity index (χ4v) is 1.49. The largest absolute Gasteiger partial charge is 0.399 e. The van der Waals surface area contributed by atoms with Crippen molar-refractivity contribution in [2.75, 3.05) is 12.3 Å². The van der Waals surface area contributed by atoms with Gasteiger partial charge in [-0.2, -0.15) is 0 Å². The first kappa shape index (κ1) is 13.0. The smallest absolute Gasteiger partial charge is 0.130 e. The first-order chi connectivity index (χ1) is 7.74. The van der Waals surface area contributed by atoms with E-state index in [0.717, 1.165) is 6.42 Å². The maximum atomic E-state index is 13.3. The summed E-state index contributed by atoms with van der Waals surface area (Å²) in [7, 11) is 0. The van der Waals surface area contributed by atoms with Gasteiger partial charge in [0.1, 0.15) is 5.82 Å². The van der Waals surface area contributed by atoms with Gasteiger partial charge in [0.05, 0.1) is 6.61 Å². The van der Waals surface area contributed by atoms with Crippen molar-refractivity contribution in [3.63, 3.8) is 0 Å². The Morgan fingerprint density at radius 2 is 2.06 bits per heavy atom. The Hall–Kier alpha value is -1.09. The Morgan fingerprint density at radius 1 is 1.25 bits per heavy atom. The lowest BCUT2D eigenvalue weighted by atomic mass is 10.2. The second kappa shape index (κ2) is 7.23. The predicted octanol–water partition coefficient (Wildman–Crippen LogP) is 3.50. The van der Waals surface area contributed by atoms with Gasteiger partial charge < -0.3 is 10.5 Å². The molecule has 0 amide bonds. The minimum atomic E-state index is -0.284. The van der Waals surface area contributed by atoms with Gasteiger partial charge in [-0.15, -0.1) is 0 Å². The molecule has 0 bridgehead atoms. The van der Waals surface area contributed by atoms with Gasteiger partial charge >= 0.3 is 0 Å². The highest BCUT2D eigenvalue weighted by Crippen LogP contribution is 2.13. The molecule has 0 spiro atoms. The van der Waals surface area contributed by atoms with Gasteiger partial charge in [0.15, 0.2) is 0 Å². The molecule has 3 heteroatoms. The van der Waals surface area contributed by atoms with Gasteiger partial charge in [-0.05, 0) is 18.6 Å². The first-order valence-corrected chi connectivity index (χ1v) is 5.85. The number of unbranched alkanes of at least 4 members (excludes halogenated alkanes) is 3. The number of hydrogen-bond acceptors (Lipinski definition) is 2. The van der Waals surface area contributed by atoms with Crippen molar-refractivity contribution >= 4 is 5.69 Å². The van der Waals surface area contributed by atoms with Crippen molar-refractivity contribution in [2.45, 2.75) is 39.2 Å². The van der Waals surface area contributed by atoms with Crippen LogP contribution in [-0.4, -0.2) is 6.61 Å². The Kier molecular flexibility index (Phi) is 5.86. The van der Waals surface area contributed by atoms with Crippen LogP contribution in [0.4, 0.5) is 10.1 Å². The van der Waals surface area contributed by atoms with Crippen LogP contribution in [-0.2, 0) is 11.3 Å². The standard InChI is InChI=1S/C13H20FNO/c1-2-3-4-5-8-16-10-11-6-7-12(15)9-13(11)14/h6-7,9H,2-5,8,10,15H2,1H3. The molecule has 0 aliphatic carbocycles. The Labute approximate surface area is 96.6 Å². The predicted molar refractivity (Wildman–Crippen MR) is 64.6 cm³/mol. The molecule has 2 nitrogen and oxygen atoms in total. The highest BCUT2D eigenvalue weighted by atomic mass is 19.1. The number of hydrogen-bond donors (Lipinski definition) is 1. The SMILES string of the molecule is CCCCCCOCc1ccc(N)cc1F. The quantitative estimate of drug-likeness (QED) is 0.569. The van der Waals surface area contributed by atoms with Gasteiger partial charge in [-0.25, -0.2) is 4.39 Å². The molecule has 0 aliphatic heterocycles. The molecule has 2 N–H and O–H groups in total. The molecule has 0 aliphatic rings. The lowest BCUT2D eigenvalue weighted by Gasteiger charge is -2.05. The van der Waals surface area contributed by atoms with Gasteiger partial charge in [-0.1, -0.05) is 32.3 Å². The molecule has 90 valence electrons. The average molecular weight is 225 g/mol. The molecule has 0 unspecified atom stereocenters. The highest BCUT2D eigenvalue weighted by Gasteiger charge is 2.02. The van der Waals surface area contributed by atoms with Crippen LogP contribution >= 0.6 is 0 Å². The minimum absolute atomic E-state index is 0.284. The van der Waals surface area contributed by atoms with Gasteiger partial charge in [0, 0.05) is 17.9 Å². The molecule has 0 saturated carbocycles. The van der Waals surface area contributed by atoms with Crippen LogP contribution in [0.1, 0.15) is 38.2 Å². The lowest BCUT2D eigenvalue weighted by molar-refractivity contribution is 0.114. The lowest BCUT2D eigenvalue weighted by Crippen LogP contribution is -1.99. The van der Waals surface area contributed by atoms with Crippen molar-refractivity contribution in [1.29, 1.82) is 0 Å². The molecule has 16 heavy (non-hydrogen) atoms. The minimum Gasteiger partial charge on any atom is -0.399 e. The molecule has 0 fully saturated rings. The maximum Gasteiger partial charge on any atom is 0.130 e. The number of benzene rings is 1. The summed E-state index contributed by atoms with van der Waals surface area (Å²) in [6.45, 7) is 3.20. The normalized spacial score (nSPS) is 10.6. The zero-order chi connectivity index (χ0) is 11.8. The highest BCUT2D eigenvalue weighted by molar-refractivity contribution is 5.40. The summed E-state index contributed by atoms with van der Waals surface area (Å²) in [4.78, 5) is 0. The van der Waals surface area contributed by atoms with Gasteiger partial charge in [0.25, 0.3) is 0 Å². The van der Waals surface area contributed by atoms with Crippen molar-refractivity contribution in [2.24, 2.45) is 0 Å². The third-order valence-electron chi connectivity index (χ3n) is 2.48. The van der Waals surface area contributed by atoms with Crippen molar-refractivity contribution < 1.29 is 9.13 Å². The van der Waals surface area contributed by atoms with Gasteiger partial charge in [-0.3, -0.25) is 0 Å². The number of nitrogen functional groups attached to an aromatic ring is 1. The van der Waals surface area contributed by atoms with Crippen LogP contribution in [0.5, 0.6) is 0 Å². The van der Waals surface area contributed by atoms with E-state index < -0.39 is 0 Å². The third-order valence-corrected chi connectivity index (χ3v) is 2.48. The summed E-state index contributed by atoms with van der Waals surface area (Å²) in [6.07, 6.45) is 4.68. The number of rotatable bonds is 7. The van der Waals surface area contributed by atoms with Crippen LogP contribution in [0.25, 0.3) is 0 Å². The van der Waals surface area contributed by atoms with Crippen molar-refractivity contribution in [1.82, 2.24) is 0 Å². The molecule has 0 heterocycles. The topological polar surface area (TPSA) is 35.2 Å². The van der Waals surface area contributed by atoms with E-state index in [1.54, 1.807) is 12.1 Å². The molecule has 1 rings (SSSR count). The summed E-state index contributed by atoms with van der Waals surface area (Å²) >= 11 is 0. The summed E-state index contributed by atoms with van der Waals surface area (Å²) in [6, 6.07) is 4.70. The number of ether oxygens (including phenoxy) is 1.